The van der Waals surface area contributed by atoms with Gasteiger partial charge in [-0.3, -0.25) is 4.79 Å². The minimum atomic E-state index is -3.91. The van der Waals surface area contributed by atoms with E-state index in [2.05, 4.69) is 15.0 Å². The molecule has 1 aromatic heterocycles. The van der Waals surface area contributed by atoms with Crippen LogP contribution in [0.15, 0.2) is 17.0 Å². The zero-order valence-corrected chi connectivity index (χ0v) is 24.2. The van der Waals surface area contributed by atoms with Crippen molar-refractivity contribution in [1.29, 1.82) is 0 Å². The Morgan fingerprint density at radius 3 is 2.33 bits per heavy atom. The molecule has 0 bridgehead atoms. The van der Waals surface area contributed by atoms with E-state index in [-0.39, 0.29) is 43.4 Å². The molecule has 2 N–H and O–H groups in total. The predicted molar refractivity (Wildman–Crippen MR) is 143 cm³/mol. The highest BCUT2D eigenvalue weighted by molar-refractivity contribution is 7.91. The van der Waals surface area contributed by atoms with Gasteiger partial charge in [0.1, 0.15) is 14.7 Å². The topological polar surface area (TPSA) is 122 Å². The Morgan fingerprint density at radius 2 is 1.75 bits per heavy atom. The normalized spacial score (nSPS) is 18.8. The minimum Gasteiger partial charge on any atom is -0.347 e. The van der Waals surface area contributed by atoms with E-state index in [0.29, 0.717) is 35.6 Å². The first-order valence-electron chi connectivity index (χ1n) is 11.7. The maximum absolute atomic E-state index is 13.0. The van der Waals surface area contributed by atoms with Crippen molar-refractivity contribution in [3.05, 3.63) is 32.9 Å². The second kappa shape index (κ2) is 10.1. The Balaban J connectivity index is 1.64. The van der Waals surface area contributed by atoms with Gasteiger partial charge in [0, 0.05) is 17.1 Å². The minimum absolute atomic E-state index is 0.0570. The number of sulfonamides is 1. The number of rotatable bonds is 7. The number of aromatic nitrogens is 1. The van der Waals surface area contributed by atoms with E-state index in [0.717, 1.165) is 18.5 Å². The van der Waals surface area contributed by atoms with Crippen LogP contribution in [0.4, 0.5) is 0 Å². The van der Waals surface area contributed by atoms with Gasteiger partial charge in [-0.2, -0.15) is 0 Å². The number of hydrogen-bond donors (Lipinski definition) is 2. The van der Waals surface area contributed by atoms with Crippen LogP contribution in [0.1, 0.15) is 62.0 Å². The average Bonchev–Trinajstić information content (AvgIpc) is 3.46. The summed E-state index contributed by atoms with van der Waals surface area (Å²) in [5, 5.41) is 3.16. The van der Waals surface area contributed by atoms with Gasteiger partial charge in [0.15, 0.2) is 5.01 Å². The molecule has 8 nitrogen and oxygen atoms in total. The highest BCUT2D eigenvalue weighted by Gasteiger charge is 2.31. The summed E-state index contributed by atoms with van der Waals surface area (Å²) >= 11 is 14.2. The first kappa shape index (κ1) is 27.8. The number of nitrogens with zero attached hydrogens (tertiary/aromatic N) is 1. The first-order chi connectivity index (χ1) is 16.7. The molecule has 1 aromatic carbocycles. The summed E-state index contributed by atoms with van der Waals surface area (Å²) in [5.41, 5.74) is 0.542. The monoisotopic (exact) mass is 593 g/mol. The molecular formula is C23H29Cl2N3O5S3. The van der Waals surface area contributed by atoms with Gasteiger partial charge >= 0.3 is 0 Å². The molecule has 0 atom stereocenters. The second-order valence-corrected chi connectivity index (χ2v) is 16.1. The molecule has 2 aliphatic rings. The maximum Gasteiger partial charge on any atom is 0.280 e. The lowest BCUT2D eigenvalue weighted by atomic mass is 10.1. The summed E-state index contributed by atoms with van der Waals surface area (Å²) in [5.74, 6) is 0.238. The molecule has 0 radical (unpaired) electrons. The van der Waals surface area contributed by atoms with Gasteiger partial charge < -0.3 is 5.32 Å². The van der Waals surface area contributed by atoms with Crippen molar-refractivity contribution in [2.75, 3.05) is 11.5 Å². The van der Waals surface area contributed by atoms with Crippen molar-refractivity contribution in [3.63, 3.8) is 0 Å². The van der Waals surface area contributed by atoms with Gasteiger partial charge in [0.05, 0.1) is 32.1 Å². The number of halogens is 2. The zero-order chi connectivity index (χ0) is 26.5. The highest BCUT2D eigenvalue weighted by Crippen LogP contribution is 2.43. The van der Waals surface area contributed by atoms with Gasteiger partial charge in [-0.05, 0) is 64.9 Å². The lowest BCUT2D eigenvalue weighted by Gasteiger charge is -2.22. The summed E-state index contributed by atoms with van der Waals surface area (Å²) in [6, 6.07) is 2.79. The smallest absolute Gasteiger partial charge is 0.280 e. The fraction of sp³-hybridized carbons (Fsp3) is 0.565. The van der Waals surface area contributed by atoms with Gasteiger partial charge in [-0.25, -0.2) is 26.5 Å². The zero-order valence-electron chi connectivity index (χ0n) is 20.2. The largest absolute Gasteiger partial charge is 0.347 e. The molecule has 13 heteroatoms. The van der Waals surface area contributed by atoms with Crippen molar-refractivity contribution >= 4 is 60.3 Å². The third-order valence-corrected chi connectivity index (χ3v) is 11.6. The predicted octanol–water partition coefficient (Wildman–Crippen LogP) is 4.45. The van der Waals surface area contributed by atoms with E-state index in [1.54, 1.807) is 26.8 Å². The lowest BCUT2D eigenvalue weighted by Crippen LogP contribution is -2.40. The Kier molecular flexibility index (Phi) is 7.83. The number of amides is 1. The fourth-order valence-corrected chi connectivity index (χ4v) is 8.91. The average molecular weight is 595 g/mol. The van der Waals surface area contributed by atoms with E-state index in [9.17, 15) is 21.6 Å². The Bertz CT molecular complexity index is 1380. The van der Waals surface area contributed by atoms with Crippen LogP contribution in [0.5, 0.6) is 0 Å². The number of thiazole rings is 1. The van der Waals surface area contributed by atoms with Crippen LogP contribution < -0.4 is 10.0 Å². The molecule has 1 aliphatic heterocycles. The van der Waals surface area contributed by atoms with Crippen molar-refractivity contribution in [2.45, 2.75) is 69.4 Å². The van der Waals surface area contributed by atoms with E-state index in [4.69, 9.17) is 23.2 Å². The van der Waals surface area contributed by atoms with Crippen LogP contribution in [0.25, 0.3) is 10.4 Å². The van der Waals surface area contributed by atoms with E-state index in [1.807, 2.05) is 0 Å². The number of benzene rings is 1. The van der Waals surface area contributed by atoms with Crippen LogP contribution >= 0.6 is 34.5 Å². The van der Waals surface area contributed by atoms with Crippen molar-refractivity contribution < 1.29 is 21.6 Å². The molecular weight excluding hydrogens is 565 g/mol. The molecule has 1 saturated heterocycles. The summed E-state index contributed by atoms with van der Waals surface area (Å²) in [4.78, 5) is 18.2. The van der Waals surface area contributed by atoms with Crippen molar-refractivity contribution in [2.24, 2.45) is 5.92 Å². The number of hydrogen-bond acceptors (Lipinski definition) is 7. The third-order valence-electron chi connectivity index (χ3n) is 5.98. The molecule has 0 spiro atoms. The van der Waals surface area contributed by atoms with Gasteiger partial charge in [-0.15, -0.1) is 11.3 Å². The van der Waals surface area contributed by atoms with Crippen LogP contribution in [-0.2, 0) is 26.3 Å². The highest BCUT2D eigenvalue weighted by atomic mass is 35.5. The number of carbonyl (C=O) groups excluding carboxylic acids is 1. The molecule has 1 saturated carbocycles. The molecule has 4 rings (SSSR count). The molecule has 1 aliphatic carbocycles. The first-order valence-corrected chi connectivity index (χ1v) is 16.6. The van der Waals surface area contributed by atoms with Crippen LogP contribution in [-0.4, -0.2) is 50.8 Å². The number of carbonyl (C=O) groups is 1. The lowest BCUT2D eigenvalue weighted by molar-refractivity contribution is 0.0933. The van der Waals surface area contributed by atoms with Crippen LogP contribution in [0, 0.1) is 5.92 Å². The SMILES string of the molecule is CC(C)(C)NS(=O)(=O)c1ccc(-c2sc(C(=O)NC3CCS(=O)(=O)CC3)nc2CC2CC2)c(Cl)c1Cl. The molecule has 1 amide bonds. The van der Waals surface area contributed by atoms with Crippen LogP contribution in [0.3, 0.4) is 0 Å². The summed E-state index contributed by atoms with van der Waals surface area (Å²) in [7, 11) is -6.94. The van der Waals surface area contributed by atoms with E-state index in [1.165, 1.54) is 17.4 Å². The molecule has 2 heterocycles. The summed E-state index contributed by atoms with van der Waals surface area (Å²) in [6.45, 7) is 5.19. The molecule has 36 heavy (non-hydrogen) atoms. The number of nitrogens with one attached hydrogen (secondary N) is 2. The van der Waals surface area contributed by atoms with Crippen molar-refractivity contribution in [1.82, 2.24) is 15.0 Å². The second-order valence-electron chi connectivity index (χ2n) is 10.4. The molecule has 2 fully saturated rings. The van der Waals surface area contributed by atoms with Gasteiger partial charge in [0.2, 0.25) is 10.0 Å². The fourth-order valence-electron chi connectivity index (χ4n) is 4.05. The van der Waals surface area contributed by atoms with E-state index >= 15 is 0 Å². The van der Waals surface area contributed by atoms with Gasteiger partial charge in [0.25, 0.3) is 5.91 Å². The third kappa shape index (κ3) is 6.60. The van der Waals surface area contributed by atoms with E-state index < -0.39 is 25.4 Å². The Labute approximate surface area is 226 Å². The maximum atomic E-state index is 13.0. The summed E-state index contributed by atoms with van der Waals surface area (Å²) < 4.78 is 51.7. The van der Waals surface area contributed by atoms with Crippen LogP contribution in [0.2, 0.25) is 10.0 Å². The molecule has 2 aromatic rings. The molecule has 198 valence electrons. The Hall–Kier alpha value is -1.24. The van der Waals surface area contributed by atoms with Crippen molar-refractivity contribution in [3.8, 4) is 10.4 Å². The van der Waals surface area contributed by atoms with Gasteiger partial charge in [-0.1, -0.05) is 29.3 Å². The quantitative estimate of drug-likeness (QED) is 0.489. The Morgan fingerprint density at radius 1 is 1.11 bits per heavy atom. The molecule has 0 unspecified atom stereocenters. The standard InChI is InChI=1S/C23H29Cl2N3O5S3/c1-23(2,3)28-36(32,33)17-7-6-15(18(24)19(17)25)20-16(12-13-4-5-13)27-22(34-20)21(29)26-14-8-10-35(30,31)11-9-14/h6-7,13-14,28H,4-5,8-12H2,1-3H3,(H,26,29). The summed E-state index contributed by atoms with van der Waals surface area (Å²) in [6.07, 6.45) is 3.60. The number of sulfone groups is 1.